The predicted octanol–water partition coefficient (Wildman–Crippen LogP) is 0.431. The summed E-state index contributed by atoms with van der Waals surface area (Å²) in [5.41, 5.74) is 5.08. The number of nitrogens with zero attached hydrogens (tertiary/aromatic N) is 1. The number of hydrogen-bond donors (Lipinski definition) is 1. The minimum Gasteiger partial charge on any atom is -0.423 e. The van der Waals surface area contributed by atoms with Gasteiger partial charge >= 0.3 is 5.63 Å². The summed E-state index contributed by atoms with van der Waals surface area (Å²) in [5, 5.41) is 0.496. The van der Waals surface area contributed by atoms with Crippen molar-refractivity contribution in [2.45, 2.75) is 23.8 Å². The molecule has 22 heavy (non-hydrogen) atoms. The Morgan fingerprint density at radius 1 is 1.27 bits per heavy atom. The lowest BCUT2D eigenvalue weighted by Crippen LogP contribution is -2.43. The first-order valence-corrected chi connectivity index (χ1v) is 8.19. The van der Waals surface area contributed by atoms with E-state index >= 15 is 0 Å². The van der Waals surface area contributed by atoms with Crippen LogP contribution in [0.3, 0.4) is 0 Å². The van der Waals surface area contributed by atoms with E-state index in [-0.39, 0.29) is 11.4 Å². The number of amides is 1. The van der Waals surface area contributed by atoms with Crippen molar-refractivity contribution in [3.63, 3.8) is 0 Å². The number of sulfonamides is 1. The van der Waals surface area contributed by atoms with E-state index < -0.39 is 27.6 Å². The van der Waals surface area contributed by atoms with Crippen molar-refractivity contribution in [1.82, 2.24) is 4.31 Å². The first kappa shape index (κ1) is 14.7. The predicted molar refractivity (Wildman–Crippen MR) is 78.6 cm³/mol. The number of primary amides is 1. The summed E-state index contributed by atoms with van der Waals surface area (Å²) in [4.78, 5) is 22.6. The average Bonchev–Trinajstić information content (AvgIpc) is 2.97. The number of fused-ring (bicyclic) bond motifs is 1. The van der Waals surface area contributed by atoms with Crippen molar-refractivity contribution in [2.75, 3.05) is 6.54 Å². The normalized spacial score (nSPS) is 19.5. The topological polar surface area (TPSA) is 111 Å². The van der Waals surface area contributed by atoms with Gasteiger partial charge in [0, 0.05) is 18.0 Å². The van der Waals surface area contributed by atoms with Crippen LogP contribution in [0.15, 0.2) is 44.4 Å². The van der Waals surface area contributed by atoms with Crippen molar-refractivity contribution in [2.24, 2.45) is 5.73 Å². The van der Waals surface area contributed by atoms with Crippen LogP contribution in [0.5, 0.6) is 0 Å². The van der Waals surface area contributed by atoms with Gasteiger partial charge in [-0.15, -0.1) is 0 Å². The number of carbonyl (C=O) groups excluding carboxylic acids is 1. The van der Waals surface area contributed by atoms with Gasteiger partial charge in [-0.3, -0.25) is 4.79 Å². The zero-order valence-electron chi connectivity index (χ0n) is 11.6. The minimum absolute atomic E-state index is 0.0435. The van der Waals surface area contributed by atoms with E-state index in [0.717, 1.165) is 4.31 Å². The summed E-state index contributed by atoms with van der Waals surface area (Å²) < 4.78 is 31.5. The van der Waals surface area contributed by atoms with E-state index in [1.54, 1.807) is 0 Å². The van der Waals surface area contributed by atoms with E-state index in [9.17, 15) is 18.0 Å². The van der Waals surface area contributed by atoms with Gasteiger partial charge < -0.3 is 10.2 Å². The highest BCUT2D eigenvalue weighted by molar-refractivity contribution is 7.89. The van der Waals surface area contributed by atoms with Gasteiger partial charge in [0.05, 0.1) is 4.90 Å². The fourth-order valence-corrected chi connectivity index (χ4v) is 4.36. The molecule has 1 unspecified atom stereocenters. The summed E-state index contributed by atoms with van der Waals surface area (Å²) in [6, 6.07) is 6.12. The summed E-state index contributed by atoms with van der Waals surface area (Å²) in [7, 11) is -3.82. The lowest BCUT2D eigenvalue weighted by atomic mass is 10.2. The second-order valence-corrected chi connectivity index (χ2v) is 7.02. The highest BCUT2D eigenvalue weighted by atomic mass is 32.2. The lowest BCUT2D eigenvalue weighted by molar-refractivity contribution is -0.121. The molecule has 1 atom stereocenters. The summed E-state index contributed by atoms with van der Waals surface area (Å²) in [6.45, 7) is 0.262. The third-order valence-electron chi connectivity index (χ3n) is 3.73. The quantitative estimate of drug-likeness (QED) is 0.824. The Bertz CT molecular complexity index is 903. The van der Waals surface area contributed by atoms with Gasteiger partial charge in [-0.2, -0.15) is 4.31 Å². The van der Waals surface area contributed by atoms with Crippen molar-refractivity contribution < 1.29 is 17.6 Å². The van der Waals surface area contributed by atoms with Crippen LogP contribution in [-0.4, -0.2) is 31.2 Å². The zero-order chi connectivity index (χ0) is 15.9. The molecule has 116 valence electrons. The Kier molecular flexibility index (Phi) is 3.50. The second kappa shape index (κ2) is 5.22. The Labute approximate surface area is 126 Å². The SMILES string of the molecule is NC(=O)C1CCCN1S(=O)(=O)c1ccc2oc(=O)ccc2c1. The molecule has 0 radical (unpaired) electrons. The van der Waals surface area contributed by atoms with Crippen LogP contribution in [-0.2, 0) is 14.8 Å². The van der Waals surface area contributed by atoms with Gasteiger partial charge in [-0.05, 0) is 37.1 Å². The number of nitrogens with two attached hydrogens (primary N) is 1. The maximum Gasteiger partial charge on any atom is 0.336 e. The highest BCUT2D eigenvalue weighted by Crippen LogP contribution is 2.27. The molecule has 2 heterocycles. The molecule has 2 aromatic rings. The Balaban J connectivity index is 2.07. The fourth-order valence-electron chi connectivity index (χ4n) is 2.66. The summed E-state index contributed by atoms with van der Waals surface area (Å²) in [6.07, 6.45) is 1.02. The van der Waals surface area contributed by atoms with Gasteiger partial charge in [0.15, 0.2) is 0 Å². The van der Waals surface area contributed by atoms with Crippen LogP contribution in [0, 0.1) is 0 Å². The van der Waals surface area contributed by atoms with Gasteiger partial charge in [0.2, 0.25) is 15.9 Å². The second-order valence-electron chi connectivity index (χ2n) is 5.13. The van der Waals surface area contributed by atoms with Crippen molar-refractivity contribution in [3.8, 4) is 0 Å². The van der Waals surface area contributed by atoms with Crippen LogP contribution in [0.25, 0.3) is 11.0 Å². The molecule has 1 saturated heterocycles. The number of hydrogen-bond acceptors (Lipinski definition) is 5. The molecule has 1 fully saturated rings. The molecule has 8 heteroatoms. The minimum atomic E-state index is -3.82. The van der Waals surface area contributed by atoms with Crippen LogP contribution in [0.1, 0.15) is 12.8 Å². The Morgan fingerprint density at radius 2 is 2.05 bits per heavy atom. The summed E-state index contributed by atoms with van der Waals surface area (Å²) >= 11 is 0. The van der Waals surface area contributed by atoms with Crippen LogP contribution < -0.4 is 11.4 Å². The van der Waals surface area contributed by atoms with E-state index in [1.807, 2.05) is 0 Å². The van der Waals surface area contributed by atoms with E-state index in [0.29, 0.717) is 23.8 Å². The van der Waals surface area contributed by atoms with E-state index in [2.05, 4.69) is 0 Å². The third-order valence-corrected chi connectivity index (χ3v) is 5.63. The fraction of sp³-hybridized carbons (Fsp3) is 0.286. The van der Waals surface area contributed by atoms with Crippen molar-refractivity contribution in [1.29, 1.82) is 0 Å². The molecule has 1 aliphatic heterocycles. The average molecular weight is 322 g/mol. The van der Waals surface area contributed by atoms with Crippen LogP contribution in [0.4, 0.5) is 0 Å². The maximum absolute atomic E-state index is 12.7. The van der Waals surface area contributed by atoms with Crippen molar-refractivity contribution >= 4 is 26.9 Å². The largest absolute Gasteiger partial charge is 0.423 e. The first-order chi connectivity index (χ1) is 10.4. The lowest BCUT2D eigenvalue weighted by Gasteiger charge is -2.21. The molecular weight excluding hydrogens is 308 g/mol. The molecule has 7 nitrogen and oxygen atoms in total. The van der Waals surface area contributed by atoms with E-state index in [1.165, 1.54) is 30.3 Å². The molecule has 0 spiro atoms. The van der Waals surface area contributed by atoms with Gasteiger partial charge in [0.1, 0.15) is 11.6 Å². The van der Waals surface area contributed by atoms with Gasteiger partial charge in [-0.25, -0.2) is 13.2 Å². The van der Waals surface area contributed by atoms with Crippen molar-refractivity contribution in [3.05, 3.63) is 40.8 Å². The molecule has 1 aromatic carbocycles. The highest BCUT2D eigenvalue weighted by Gasteiger charge is 2.38. The third kappa shape index (κ3) is 2.40. The molecule has 3 rings (SSSR count). The summed E-state index contributed by atoms with van der Waals surface area (Å²) in [5.74, 6) is -0.645. The molecule has 1 amide bonds. The standard InChI is InChI=1S/C14H14N2O5S/c15-14(18)11-2-1-7-16(11)22(19,20)10-4-5-12-9(8-10)3-6-13(17)21-12/h3-6,8,11H,1-2,7H2,(H2,15,18). The monoisotopic (exact) mass is 322 g/mol. The number of rotatable bonds is 3. The molecule has 0 bridgehead atoms. The number of benzene rings is 1. The zero-order valence-corrected chi connectivity index (χ0v) is 12.4. The molecule has 1 aromatic heterocycles. The van der Waals surface area contributed by atoms with Crippen LogP contribution >= 0.6 is 0 Å². The maximum atomic E-state index is 12.7. The molecule has 0 saturated carbocycles. The molecule has 1 aliphatic rings. The Morgan fingerprint density at radius 3 is 2.77 bits per heavy atom. The molecule has 2 N–H and O–H groups in total. The first-order valence-electron chi connectivity index (χ1n) is 6.75. The Hall–Kier alpha value is -2.19. The number of carbonyl (C=O) groups is 1. The molecular formula is C14H14N2O5S. The molecule has 0 aliphatic carbocycles. The van der Waals surface area contributed by atoms with Crippen LogP contribution in [0.2, 0.25) is 0 Å². The smallest absolute Gasteiger partial charge is 0.336 e. The van der Waals surface area contributed by atoms with Gasteiger partial charge in [-0.1, -0.05) is 0 Å². The van der Waals surface area contributed by atoms with E-state index in [4.69, 9.17) is 10.2 Å². The van der Waals surface area contributed by atoms with Gasteiger partial charge in [0.25, 0.3) is 0 Å².